The van der Waals surface area contributed by atoms with E-state index in [1.807, 2.05) is 13.8 Å². The van der Waals surface area contributed by atoms with Crippen molar-refractivity contribution >= 4 is 71.2 Å². The average Bonchev–Trinajstić information content (AvgIpc) is 3.60. The largest absolute Gasteiger partial charge is 0.302 e. The molecular formula is C22H26ClN5O5S3. The number of aromatic nitrogens is 1. The molecule has 36 heavy (non-hydrogen) atoms. The lowest BCUT2D eigenvalue weighted by molar-refractivity contribution is -0.384. The first kappa shape index (κ1) is 26.9. The Morgan fingerprint density at radius 2 is 1.97 bits per heavy atom. The van der Waals surface area contributed by atoms with Crippen molar-refractivity contribution < 1.29 is 18.1 Å². The van der Waals surface area contributed by atoms with Gasteiger partial charge in [-0.3, -0.25) is 19.8 Å². The number of likely N-dealkylation sites (N-methyl/N-ethyl adjacent to an activating group) is 1. The lowest BCUT2D eigenvalue weighted by atomic mass is 10.2. The van der Waals surface area contributed by atoms with Crippen molar-refractivity contribution in [3.63, 3.8) is 0 Å². The molecule has 2 aromatic heterocycles. The number of halogens is 1. The van der Waals surface area contributed by atoms with Gasteiger partial charge in [0.2, 0.25) is 5.91 Å². The smallest absolute Gasteiger partial charge is 0.270 e. The predicted octanol–water partition coefficient (Wildman–Crippen LogP) is 4.45. The summed E-state index contributed by atoms with van der Waals surface area (Å²) in [5, 5.41) is 11.6. The molecule has 14 heteroatoms. The number of anilines is 1. The molecular weight excluding hydrogens is 546 g/mol. The van der Waals surface area contributed by atoms with Gasteiger partial charge in [-0.2, -0.15) is 4.31 Å². The third kappa shape index (κ3) is 5.41. The van der Waals surface area contributed by atoms with Crippen LogP contribution in [0.4, 0.5) is 10.8 Å². The molecule has 0 saturated carbocycles. The van der Waals surface area contributed by atoms with Crippen LogP contribution in [0.1, 0.15) is 26.7 Å². The van der Waals surface area contributed by atoms with Crippen LogP contribution in [0.5, 0.6) is 0 Å². The van der Waals surface area contributed by atoms with E-state index < -0.39 is 21.0 Å². The van der Waals surface area contributed by atoms with E-state index >= 15 is 0 Å². The summed E-state index contributed by atoms with van der Waals surface area (Å²) in [6.07, 6.45) is 0.958. The van der Waals surface area contributed by atoms with Crippen molar-refractivity contribution in [2.24, 2.45) is 0 Å². The van der Waals surface area contributed by atoms with Gasteiger partial charge >= 0.3 is 0 Å². The second kappa shape index (κ2) is 11.1. The number of nitro groups is 1. The van der Waals surface area contributed by atoms with Gasteiger partial charge in [-0.25, -0.2) is 13.4 Å². The number of rotatable bonds is 10. The number of fused-ring (bicyclic) bond motifs is 1. The Bertz CT molecular complexity index is 1370. The normalized spacial score (nSPS) is 16.7. The molecule has 1 aliphatic rings. The Hall–Kier alpha value is -2.16. The molecule has 1 aliphatic heterocycles. The van der Waals surface area contributed by atoms with E-state index in [2.05, 4.69) is 9.88 Å². The number of thiazole rings is 1. The monoisotopic (exact) mass is 571 g/mol. The number of nitro benzene ring substituents is 1. The Morgan fingerprint density at radius 3 is 2.61 bits per heavy atom. The number of sulfonamides is 1. The number of benzene rings is 1. The van der Waals surface area contributed by atoms with Crippen LogP contribution in [-0.2, 0) is 14.8 Å². The van der Waals surface area contributed by atoms with Gasteiger partial charge in [0, 0.05) is 31.8 Å². The minimum atomic E-state index is -3.89. The highest BCUT2D eigenvalue weighted by Gasteiger charge is 2.42. The fourth-order valence-electron chi connectivity index (χ4n) is 4.22. The first-order chi connectivity index (χ1) is 17.1. The second-order valence-corrected chi connectivity index (χ2v) is 13.1. The fraction of sp³-hybridized carbons (Fsp3) is 0.455. The van der Waals surface area contributed by atoms with E-state index in [9.17, 15) is 23.3 Å². The van der Waals surface area contributed by atoms with Crippen molar-refractivity contribution in [1.82, 2.24) is 14.2 Å². The van der Waals surface area contributed by atoms with Crippen molar-refractivity contribution in [3.8, 4) is 0 Å². The molecule has 10 nitrogen and oxygen atoms in total. The third-order valence-corrected chi connectivity index (χ3v) is 10.9. The molecule has 1 amide bonds. The van der Waals surface area contributed by atoms with Gasteiger partial charge < -0.3 is 4.90 Å². The lowest BCUT2D eigenvalue weighted by Crippen LogP contribution is -2.49. The molecule has 1 saturated heterocycles. The summed E-state index contributed by atoms with van der Waals surface area (Å²) in [5.74, 6) is -0.348. The molecule has 0 aliphatic carbocycles. The number of non-ortho nitro benzene ring substituents is 1. The van der Waals surface area contributed by atoms with Crippen LogP contribution in [-0.4, -0.2) is 72.2 Å². The van der Waals surface area contributed by atoms with Crippen LogP contribution in [0, 0.1) is 10.1 Å². The highest BCUT2D eigenvalue weighted by molar-refractivity contribution is 7.91. The van der Waals surface area contributed by atoms with Gasteiger partial charge in [0.15, 0.2) is 5.13 Å². The van der Waals surface area contributed by atoms with Gasteiger partial charge in [0.1, 0.15) is 10.3 Å². The van der Waals surface area contributed by atoms with Gasteiger partial charge in [-0.05, 0) is 44.1 Å². The van der Waals surface area contributed by atoms with Crippen molar-refractivity contribution in [1.29, 1.82) is 0 Å². The van der Waals surface area contributed by atoms with Crippen molar-refractivity contribution in [2.45, 2.75) is 36.9 Å². The number of carbonyl (C=O) groups is 1. The molecule has 0 N–H and O–H groups in total. The summed E-state index contributed by atoms with van der Waals surface area (Å²) < 4.78 is 29.0. The fourth-order valence-corrected chi connectivity index (χ4v) is 8.51. The molecule has 1 unspecified atom stereocenters. The Morgan fingerprint density at radius 1 is 1.22 bits per heavy atom. The lowest BCUT2D eigenvalue weighted by Gasteiger charge is -2.29. The van der Waals surface area contributed by atoms with Crippen LogP contribution in [0.15, 0.2) is 34.5 Å². The summed E-state index contributed by atoms with van der Waals surface area (Å²) in [7, 11) is -3.89. The van der Waals surface area contributed by atoms with Crippen molar-refractivity contribution in [2.75, 3.05) is 37.6 Å². The first-order valence-electron chi connectivity index (χ1n) is 11.5. The minimum absolute atomic E-state index is 0.0543. The molecule has 0 bridgehead atoms. The summed E-state index contributed by atoms with van der Waals surface area (Å²) >= 11 is 8.13. The Labute approximate surface area is 222 Å². The quantitative estimate of drug-likeness (QED) is 0.261. The number of hydrogen-bond donors (Lipinski definition) is 0. The maximum absolute atomic E-state index is 13.9. The molecule has 1 aromatic carbocycles. The second-order valence-electron chi connectivity index (χ2n) is 8.25. The highest BCUT2D eigenvalue weighted by atomic mass is 35.5. The highest BCUT2D eigenvalue weighted by Crippen LogP contribution is 2.35. The Kier molecular flexibility index (Phi) is 8.27. The van der Waals surface area contributed by atoms with E-state index in [4.69, 9.17) is 11.6 Å². The zero-order valence-corrected chi connectivity index (χ0v) is 23.0. The molecule has 194 valence electrons. The molecule has 0 spiro atoms. The van der Waals surface area contributed by atoms with Crippen molar-refractivity contribution in [3.05, 3.63) is 44.8 Å². The SMILES string of the molecule is CCN(CC)CCN(C(=O)C1CCCN1S(=O)(=O)c1ccc(Cl)s1)c1nc2ccc([N+](=O)[O-])cc2s1. The van der Waals surface area contributed by atoms with E-state index in [-0.39, 0.29) is 22.3 Å². The van der Waals surface area contributed by atoms with Crippen LogP contribution >= 0.6 is 34.3 Å². The maximum Gasteiger partial charge on any atom is 0.270 e. The zero-order chi connectivity index (χ0) is 26.0. The summed E-state index contributed by atoms with van der Waals surface area (Å²) in [5.41, 5.74) is 0.492. The van der Waals surface area contributed by atoms with E-state index in [0.29, 0.717) is 45.6 Å². The van der Waals surface area contributed by atoms with Gasteiger partial charge in [-0.1, -0.05) is 36.8 Å². The number of amides is 1. The minimum Gasteiger partial charge on any atom is -0.302 e. The number of hydrogen-bond acceptors (Lipinski definition) is 9. The average molecular weight is 572 g/mol. The van der Waals surface area contributed by atoms with Crippen LogP contribution in [0.2, 0.25) is 4.34 Å². The number of nitrogens with zero attached hydrogens (tertiary/aromatic N) is 5. The topological polar surface area (TPSA) is 117 Å². The summed E-state index contributed by atoms with van der Waals surface area (Å²) in [6, 6.07) is 6.51. The van der Waals surface area contributed by atoms with E-state index in [0.717, 1.165) is 24.4 Å². The van der Waals surface area contributed by atoms with Crippen LogP contribution in [0.25, 0.3) is 10.2 Å². The number of thiophene rings is 1. The van der Waals surface area contributed by atoms with E-state index in [1.54, 1.807) is 6.07 Å². The molecule has 1 atom stereocenters. The maximum atomic E-state index is 13.9. The van der Waals surface area contributed by atoms with E-state index in [1.165, 1.54) is 44.8 Å². The molecule has 0 radical (unpaired) electrons. The Balaban J connectivity index is 1.69. The molecule has 3 heterocycles. The summed E-state index contributed by atoms with van der Waals surface area (Å²) in [4.78, 5) is 32.9. The van der Waals surface area contributed by atoms with Gasteiger partial charge in [0.25, 0.3) is 15.7 Å². The molecule has 1 fully saturated rings. The van der Waals surface area contributed by atoms with Gasteiger partial charge in [-0.15, -0.1) is 11.3 Å². The number of carbonyl (C=O) groups excluding carboxylic acids is 1. The zero-order valence-electron chi connectivity index (χ0n) is 19.8. The third-order valence-electron chi connectivity index (χ3n) is 6.20. The summed E-state index contributed by atoms with van der Waals surface area (Å²) in [6.45, 7) is 6.80. The standard InChI is InChI=1S/C22H26ClN5O5S3/c1-3-25(4-2)12-13-26(22-24-16-8-7-15(28(30)31)14-18(16)34-22)21(29)17-6-5-11-27(17)36(32,33)20-10-9-19(23)35-20/h7-10,14,17H,3-6,11-13H2,1-2H3. The predicted molar refractivity (Wildman–Crippen MR) is 143 cm³/mol. The first-order valence-corrected chi connectivity index (χ1v) is 15.0. The molecule has 4 rings (SSSR count). The molecule has 3 aromatic rings. The van der Waals surface area contributed by atoms with Crippen LogP contribution < -0.4 is 4.90 Å². The van der Waals surface area contributed by atoms with Gasteiger partial charge in [0.05, 0.1) is 19.5 Å². The van der Waals surface area contributed by atoms with Crippen LogP contribution in [0.3, 0.4) is 0 Å².